The van der Waals surface area contributed by atoms with Gasteiger partial charge in [0.05, 0.1) is 22.8 Å². The van der Waals surface area contributed by atoms with Gasteiger partial charge in [0, 0.05) is 42.2 Å². The fraction of sp³-hybridized carbons (Fsp3) is 0.318. The van der Waals surface area contributed by atoms with E-state index in [0.717, 1.165) is 29.8 Å². The average molecular weight is 423 g/mol. The summed E-state index contributed by atoms with van der Waals surface area (Å²) in [6.45, 7) is 1.86. The topological polar surface area (TPSA) is 101 Å². The molecular weight excluding hydrogens is 400 g/mol. The van der Waals surface area contributed by atoms with Crippen LogP contribution in [0.3, 0.4) is 0 Å². The number of ether oxygens (including phenoxy) is 1. The molecule has 1 amide bonds. The van der Waals surface area contributed by atoms with Crippen LogP contribution in [-0.2, 0) is 16.8 Å². The van der Waals surface area contributed by atoms with Gasteiger partial charge in [-0.25, -0.2) is 4.98 Å². The molecule has 1 saturated heterocycles. The van der Waals surface area contributed by atoms with E-state index in [4.69, 9.17) is 10.5 Å². The Bertz CT molecular complexity index is 1160. The highest BCUT2D eigenvalue weighted by atomic mass is 32.1. The van der Waals surface area contributed by atoms with Gasteiger partial charge in [-0.15, -0.1) is 11.3 Å². The molecule has 0 radical (unpaired) electrons. The molecule has 0 bridgehead atoms. The monoisotopic (exact) mass is 422 g/mol. The van der Waals surface area contributed by atoms with Crippen molar-refractivity contribution in [2.24, 2.45) is 0 Å². The summed E-state index contributed by atoms with van der Waals surface area (Å²) >= 11 is 1.75. The number of piperidine rings is 1. The van der Waals surface area contributed by atoms with Gasteiger partial charge in [-0.3, -0.25) is 9.59 Å². The summed E-state index contributed by atoms with van der Waals surface area (Å²) in [4.78, 5) is 35.6. The summed E-state index contributed by atoms with van der Waals surface area (Å²) in [7, 11) is 0. The summed E-state index contributed by atoms with van der Waals surface area (Å²) in [6.07, 6.45) is 3.86. The fourth-order valence-corrected chi connectivity index (χ4v) is 5.58. The number of pyridine rings is 2. The molecule has 3 N–H and O–H groups in total. The number of anilines is 1. The lowest BCUT2D eigenvalue weighted by molar-refractivity contribution is -0.0926. The number of hydrogen-bond donors (Lipinski definition) is 2. The second kappa shape index (κ2) is 7.37. The van der Waals surface area contributed by atoms with Gasteiger partial charge in [0.15, 0.2) is 0 Å². The standard InChI is InChI=1S/C22H22N4O3S/c23-19-3-1-2-16(25-19)18-13-15-17(30-18)5-11-29-22(15)6-9-26(10-7-22)21(28)14-4-8-24-20(27)12-14/h1-4,8,12-13H,5-7,9-11H2,(H2,23,25)(H,24,27). The molecule has 5 heterocycles. The number of likely N-dealkylation sites (tertiary alicyclic amines) is 1. The van der Waals surface area contributed by atoms with Crippen molar-refractivity contribution in [1.82, 2.24) is 14.9 Å². The van der Waals surface area contributed by atoms with Crippen molar-refractivity contribution in [1.29, 1.82) is 0 Å². The van der Waals surface area contributed by atoms with Crippen LogP contribution in [0.1, 0.15) is 33.6 Å². The molecule has 0 atom stereocenters. The lowest BCUT2D eigenvalue weighted by Crippen LogP contribution is -2.48. The van der Waals surface area contributed by atoms with E-state index in [1.165, 1.54) is 22.7 Å². The van der Waals surface area contributed by atoms with Gasteiger partial charge in [0.1, 0.15) is 5.82 Å². The minimum atomic E-state index is -0.367. The molecule has 5 rings (SSSR count). The van der Waals surface area contributed by atoms with Crippen LogP contribution in [0.4, 0.5) is 5.82 Å². The largest absolute Gasteiger partial charge is 0.384 e. The third-order valence-electron chi connectivity index (χ3n) is 5.91. The number of nitrogens with two attached hydrogens (primary N) is 1. The summed E-state index contributed by atoms with van der Waals surface area (Å²) in [5.41, 5.74) is 7.76. The average Bonchev–Trinajstić information content (AvgIpc) is 3.20. The Kier molecular flexibility index (Phi) is 4.67. The molecule has 1 fully saturated rings. The summed E-state index contributed by atoms with van der Waals surface area (Å²) in [5.74, 6) is 0.401. The molecule has 30 heavy (non-hydrogen) atoms. The van der Waals surface area contributed by atoms with E-state index in [2.05, 4.69) is 16.0 Å². The number of carbonyl (C=O) groups excluding carboxylic acids is 1. The number of nitrogens with one attached hydrogen (secondary N) is 1. The Morgan fingerprint density at radius 2 is 2.07 bits per heavy atom. The van der Waals surface area contributed by atoms with Gasteiger partial charge in [0.2, 0.25) is 5.56 Å². The first-order chi connectivity index (χ1) is 14.5. The number of fused-ring (bicyclic) bond motifs is 2. The maximum Gasteiger partial charge on any atom is 0.254 e. The highest BCUT2D eigenvalue weighted by molar-refractivity contribution is 7.15. The van der Waals surface area contributed by atoms with E-state index in [-0.39, 0.29) is 17.1 Å². The van der Waals surface area contributed by atoms with E-state index >= 15 is 0 Å². The van der Waals surface area contributed by atoms with Gasteiger partial charge >= 0.3 is 0 Å². The van der Waals surface area contributed by atoms with Gasteiger partial charge in [-0.2, -0.15) is 0 Å². The van der Waals surface area contributed by atoms with Crippen LogP contribution in [0, 0.1) is 0 Å². The Hall–Kier alpha value is -2.97. The first kappa shape index (κ1) is 19.0. The Morgan fingerprint density at radius 3 is 2.83 bits per heavy atom. The van der Waals surface area contributed by atoms with E-state index in [1.54, 1.807) is 23.5 Å². The predicted octanol–water partition coefficient (Wildman–Crippen LogP) is 2.78. The molecule has 1 spiro atoms. The molecular formula is C22H22N4O3S. The molecule has 8 heteroatoms. The number of aromatic amines is 1. The number of H-pyrrole nitrogens is 1. The van der Waals surface area contributed by atoms with Gasteiger partial charge in [0.25, 0.3) is 5.91 Å². The summed E-state index contributed by atoms with van der Waals surface area (Å²) < 4.78 is 6.33. The number of nitrogens with zero attached hydrogens (tertiary/aromatic N) is 2. The van der Waals surface area contributed by atoms with Crippen molar-refractivity contribution >= 4 is 23.1 Å². The van der Waals surface area contributed by atoms with Crippen molar-refractivity contribution in [2.45, 2.75) is 24.9 Å². The number of thiophene rings is 1. The van der Waals surface area contributed by atoms with E-state index in [9.17, 15) is 9.59 Å². The van der Waals surface area contributed by atoms with Crippen LogP contribution in [-0.4, -0.2) is 40.5 Å². The Labute approximate surface area is 177 Å². The summed E-state index contributed by atoms with van der Waals surface area (Å²) in [5, 5.41) is 0. The molecule has 3 aromatic heterocycles. The molecule has 0 aliphatic carbocycles. The van der Waals surface area contributed by atoms with Gasteiger partial charge < -0.3 is 20.4 Å². The third-order valence-corrected chi connectivity index (χ3v) is 7.13. The van der Waals surface area contributed by atoms with Crippen molar-refractivity contribution < 1.29 is 9.53 Å². The zero-order chi connectivity index (χ0) is 20.7. The maximum atomic E-state index is 12.8. The van der Waals surface area contributed by atoms with Gasteiger partial charge in [-0.1, -0.05) is 6.07 Å². The number of hydrogen-bond acceptors (Lipinski definition) is 6. The SMILES string of the molecule is Nc1cccc(-c2cc3c(s2)CCOC32CCN(C(=O)c3cc[nH]c(=O)c3)CC2)n1. The van der Waals surface area contributed by atoms with Crippen LogP contribution in [0.15, 0.2) is 47.4 Å². The highest BCUT2D eigenvalue weighted by Gasteiger charge is 2.43. The number of rotatable bonds is 2. The van der Waals surface area contributed by atoms with E-state index in [0.29, 0.717) is 31.1 Å². The van der Waals surface area contributed by atoms with Crippen LogP contribution in [0.5, 0.6) is 0 Å². The maximum absolute atomic E-state index is 12.8. The van der Waals surface area contributed by atoms with E-state index in [1.807, 2.05) is 17.0 Å². The first-order valence-electron chi connectivity index (χ1n) is 10.0. The predicted molar refractivity (Wildman–Crippen MR) is 115 cm³/mol. The normalized spacial score (nSPS) is 17.7. The molecule has 2 aliphatic rings. The Balaban J connectivity index is 1.39. The molecule has 2 aliphatic heterocycles. The number of amides is 1. The molecule has 7 nitrogen and oxygen atoms in total. The Morgan fingerprint density at radius 1 is 1.23 bits per heavy atom. The zero-order valence-electron chi connectivity index (χ0n) is 16.4. The van der Waals surface area contributed by atoms with E-state index < -0.39 is 0 Å². The quantitative estimate of drug-likeness (QED) is 0.661. The van der Waals surface area contributed by atoms with Crippen molar-refractivity contribution in [2.75, 3.05) is 25.4 Å². The summed E-state index contributed by atoms with van der Waals surface area (Å²) in [6, 6.07) is 10.9. The van der Waals surface area contributed by atoms with Crippen LogP contribution in [0.25, 0.3) is 10.6 Å². The third kappa shape index (κ3) is 3.32. The van der Waals surface area contributed by atoms with Crippen LogP contribution >= 0.6 is 11.3 Å². The highest BCUT2D eigenvalue weighted by Crippen LogP contribution is 2.46. The lowest BCUT2D eigenvalue weighted by atomic mass is 9.82. The number of aromatic nitrogens is 2. The molecule has 0 aromatic carbocycles. The second-order valence-electron chi connectivity index (χ2n) is 7.72. The van der Waals surface area contributed by atoms with Gasteiger partial charge in [-0.05, 0) is 42.7 Å². The molecule has 0 saturated carbocycles. The lowest BCUT2D eigenvalue weighted by Gasteiger charge is -2.44. The molecule has 0 unspecified atom stereocenters. The molecule has 3 aromatic rings. The number of nitrogen functional groups attached to an aromatic ring is 1. The second-order valence-corrected chi connectivity index (χ2v) is 8.86. The molecule has 154 valence electrons. The minimum Gasteiger partial charge on any atom is -0.384 e. The first-order valence-corrected chi connectivity index (χ1v) is 10.8. The van der Waals surface area contributed by atoms with Crippen molar-refractivity contribution in [3.8, 4) is 10.6 Å². The number of carbonyl (C=O) groups is 1. The van der Waals surface area contributed by atoms with Crippen LogP contribution in [0.2, 0.25) is 0 Å². The minimum absolute atomic E-state index is 0.109. The smallest absolute Gasteiger partial charge is 0.254 e. The van der Waals surface area contributed by atoms with Crippen molar-refractivity contribution in [3.05, 3.63) is 69.0 Å². The van der Waals surface area contributed by atoms with Crippen molar-refractivity contribution in [3.63, 3.8) is 0 Å². The zero-order valence-corrected chi connectivity index (χ0v) is 17.2. The van der Waals surface area contributed by atoms with Crippen LogP contribution < -0.4 is 11.3 Å². The fourth-order valence-electron chi connectivity index (χ4n) is 4.38.